The highest BCUT2D eigenvalue weighted by atomic mass is 16.1. The van der Waals surface area contributed by atoms with E-state index >= 15 is 0 Å². The van der Waals surface area contributed by atoms with Crippen molar-refractivity contribution in [2.24, 2.45) is 0 Å². The van der Waals surface area contributed by atoms with Gasteiger partial charge < -0.3 is 10.6 Å². The van der Waals surface area contributed by atoms with Crippen molar-refractivity contribution in [1.82, 2.24) is 10.6 Å². The number of amides is 1. The van der Waals surface area contributed by atoms with Gasteiger partial charge in [0.05, 0.1) is 6.04 Å². The Balaban J connectivity index is 1.79. The maximum absolute atomic E-state index is 12.7. The van der Waals surface area contributed by atoms with E-state index < -0.39 is 0 Å². The molecule has 28 heavy (non-hydrogen) atoms. The Hall–Kier alpha value is -3.33. The fourth-order valence-electron chi connectivity index (χ4n) is 3.10. The van der Waals surface area contributed by atoms with Gasteiger partial charge in [-0.15, -0.1) is 0 Å². The SMILES string of the molecule is CC(NC(=O)/C=C(/NC(C)c1ccccc1)c1ccccc1)c1ccccc1. The highest BCUT2D eigenvalue weighted by Gasteiger charge is 2.12. The third kappa shape index (κ3) is 5.34. The first-order valence-corrected chi connectivity index (χ1v) is 9.57. The lowest BCUT2D eigenvalue weighted by Gasteiger charge is -2.19. The first kappa shape index (κ1) is 19.4. The standard InChI is InChI=1S/C25H26N2O/c1-19(21-12-6-3-7-13-21)26-24(23-16-10-5-11-17-23)18-25(28)27-20(2)22-14-8-4-9-15-22/h3-20,26H,1-2H3,(H,27,28)/b24-18+. The maximum Gasteiger partial charge on any atom is 0.246 e. The van der Waals surface area contributed by atoms with Crippen LogP contribution in [0, 0.1) is 0 Å². The van der Waals surface area contributed by atoms with E-state index in [1.54, 1.807) is 6.08 Å². The molecule has 0 aromatic heterocycles. The predicted octanol–water partition coefficient (Wildman–Crippen LogP) is 5.26. The molecule has 142 valence electrons. The van der Waals surface area contributed by atoms with Gasteiger partial charge in [0.1, 0.15) is 0 Å². The van der Waals surface area contributed by atoms with Gasteiger partial charge in [-0.25, -0.2) is 0 Å². The van der Waals surface area contributed by atoms with E-state index in [1.807, 2.05) is 85.8 Å². The minimum atomic E-state index is -0.122. The van der Waals surface area contributed by atoms with E-state index in [0.29, 0.717) is 0 Å². The lowest BCUT2D eigenvalue weighted by atomic mass is 10.1. The fourth-order valence-corrected chi connectivity index (χ4v) is 3.10. The van der Waals surface area contributed by atoms with Crippen LogP contribution in [-0.4, -0.2) is 5.91 Å². The second-order valence-corrected chi connectivity index (χ2v) is 6.84. The highest BCUT2D eigenvalue weighted by molar-refractivity contribution is 5.95. The number of hydrogen-bond acceptors (Lipinski definition) is 2. The van der Waals surface area contributed by atoms with Crippen LogP contribution in [0.2, 0.25) is 0 Å². The van der Waals surface area contributed by atoms with Gasteiger partial charge in [0.25, 0.3) is 0 Å². The summed E-state index contributed by atoms with van der Waals surface area (Å²) in [6.07, 6.45) is 1.65. The van der Waals surface area contributed by atoms with Crippen molar-refractivity contribution in [1.29, 1.82) is 0 Å². The molecule has 3 aromatic carbocycles. The second-order valence-electron chi connectivity index (χ2n) is 6.84. The van der Waals surface area contributed by atoms with Crippen LogP contribution in [0.1, 0.15) is 42.6 Å². The van der Waals surface area contributed by atoms with Gasteiger partial charge in [-0.05, 0) is 30.5 Å². The van der Waals surface area contributed by atoms with Gasteiger partial charge in [-0.1, -0.05) is 91.0 Å². The van der Waals surface area contributed by atoms with E-state index in [4.69, 9.17) is 0 Å². The van der Waals surface area contributed by atoms with Crippen molar-refractivity contribution >= 4 is 11.6 Å². The number of carbonyl (C=O) groups excluding carboxylic acids is 1. The van der Waals surface area contributed by atoms with Crippen LogP contribution >= 0.6 is 0 Å². The molecule has 0 saturated heterocycles. The molecular weight excluding hydrogens is 344 g/mol. The second kappa shape index (κ2) is 9.56. The topological polar surface area (TPSA) is 41.1 Å². The summed E-state index contributed by atoms with van der Waals surface area (Å²) in [5, 5.41) is 6.55. The van der Waals surface area contributed by atoms with Crippen LogP contribution in [0.5, 0.6) is 0 Å². The zero-order valence-electron chi connectivity index (χ0n) is 16.3. The lowest BCUT2D eigenvalue weighted by molar-refractivity contribution is -0.117. The molecule has 2 atom stereocenters. The summed E-state index contributed by atoms with van der Waals surface area (Å²) in [6, 6.07) is 30.1. The predicted molar refractivity (Wildman–Crippen MR) is 115 cm³/mol. The zero-order chi connectivity index (χ0) is 19.8. The molecule has 0 radical (unpaired) electrons. The molecule has 0 aliphatic rings. The minimum absolute atomic E-state index is 0.0616. The van der Waals surface area contributed by atoms with Crippen molar-refractivity contribution < 1.29 is 4.79 Å². The Labute approximate surface area is 167 Å². The molecule has 0 fully saturated rings. The van der Waals surface area contributed by atoms with Crippen molar-refractivity contribution in [3.8, 4) is 0 Å². The Morgan fingerprint density at radius 3 is 1.61 bits per heavy atom. The lowest BCUT2D eigenvalue weighted by Crippen LogP contribution is -2.26. The average Bonchev–Trinajstić information content (AvgIpc) is 2.75. The molecular formula is C25H26N2O. The molecule has 0 bridgehead atoms. The number of nitrogens with one attached hydrogen (secondary N) is 2. The Kier molecular flexibility index (Phi) is 6.64. The number of carbonyl (C=O) groups is 1. The maximum atomic E-state index is 12.7. The first-order valence-electron chi connectivity index (χ1n) is 9.57. The van der Waals surface area contributed by atoms with E-state index in [-0.39, 0.29) is 18.0 Å². The summed E-state index contributed by atoms with van der Waals surface area (Å²) >= 11 is 0. The van der Waals surface area contributed by atoms with E-state index in [0.717, 1.165) is 16.8 Å². The number of benzene rings is 3. The molecule has 3 heteroatoms. The van der Waals surface area contributed by atoms with Gasteiger partial charge in [0.15, 0.2) is 0 Å². The molecule has 3 rings (SSSR count). The average molecular weight is 370 g/mol. The number of rotatable bonds is 7. The number of hydrogen-bond donors (Lipinski definition) is 2. The van der Waals surface area contributed by atoms with Crippen molar-refractivity contribution in [2.45, 2.75) is 25.9 Å². The van der Waals surface area contributed by atoms with Gasteiger partial charge >= 0.3 is 0 Å². The van der Waals surface area contributed by atoms with Gasteiger partial charge in [-0.2, -0.15) is 0 Å². The molecule has 2 N–H and O–H groups in total. The monoisotopic (exact) mass is 370 g/mol. The quantitative estimate of drug-likeness (QED) is 0.557. The molecule has 1 amide bonds. The molecule has 0 aliphatic heterocycles. The van der Waals surface area contributed by atoms with E-state index in [1.165, 1.54) is 5.56 Å². The van der Waals surface area contributed by atoms with Crippen LogP contribution in [0.3, 0.4) is 0 Å². The summed E-state index contributed by atoms with van der Waals surface area (Å²) in [5.41, 5.74) is 4.03. The van der Waals surface area contributed by atoms with Crippen LogP contribution < -0.4 is 10.6 Å². The van der Waals surface area contributed by atoms with Gasteiger partial charge in [0, 0.05) is 17.8 Å². The third-order valence-corrected chi connectivity index (χ3v) is 4.69. The van der Waals surface area contributed by atoms with Gasteiger partial charge in [0.2, 0.25) is 5.91 Å². The van der Waals surface area contributed by atoms with Gasteiger partial charge in [-0.3, -0.25) is 4.79 Å². The fraction of sp³-hybridized carbons (Fsp3) is 0.160. The summed E-state index contributed by atoms with van der Waals surface area (Å²) in [6.45, 7) is 4.08. The molecule has 0 spiro atoms. The van der Waals surface area contributed by atoms with Crippen molar-refractivity contribution in [2.75, 3.05) is 0 Å². The van der Waals surface area contributed by atoms with E-state index in [9.17, 15) is 4.79 Å². The molecule has 2 unspecified atom stereocenters. The summed E-state index contributed by atoms with van der Waals surface area (Å²) in [4.78, 5) is 12.7. The summed E-state index contributed by atoms with van der Waals surface area (Å²) in [5.74, 6) is -0.122. The molecule has 0 saturated carbocycles. The van der Waals surface area contributed by atoms with Crippen LogP contribution in [-0.2, 0) is 4.79 Å². The van der Waals surface area contributed by atoms with E-state index in [2.05, 4.69) is 29.7 Å². The Bertz CT molecular complexity index is 905. The summed E-state index contributed by atoms with van der Waals surface area (Å²) in [7, 11) is 0. The van der Waals surface area contributed by atoms with Crippen LogP contribution in [0.15, 0.2) is 97.1 Å². The third-order valence-electron chi connectivity index (χ3n) is 4.69. The first-order chi connectivity index (χ1) is 13.6. The molecule has 3 nitrogen and oxygen atoms in total. The highest BCUT2D eigenvalue weighted by Crippen LogP contribution is 2.19. The molecule has 3 aromatic rings. The van der Waals surface area contributed by atoms with Crippen molar-refractivity contribution in [3.63, 3.8) is 0 Å². The minimum Gasteiger partial charge on any atom is -0.378 e. The normalized spacial score (nSPS) is 13.4. The molecule has 0 aliphatic carbocycles. The summed E-state index contributed by atoms with van der Waals surface area (Å²) < 4.78 is 0. The Morgan fingerprint density at radius 1 is 0.679 bits per heavy atom. The van der Waals surface area contributed by atoms with Crippen LogP contribution in [0.4, 0.5) is 0 Å². The smallest absolute Gasteiger partial charge is 0.246 e. The zero-order valence-corrected chi connectivity index (χ0v) is 16.3. The van der Waals surface area contributed by atoms with Crippen molar-refractivity contribution in [3.05, 3.63) is 114 Å². The van der Waals surface area contributed by atoms with Crippen LogP contribution in [0.25, 0.3) is 5.70 Å². The Morgan fingerprint density at radius 2 is 1.11 bits per heavy atom. The largest absolute Gasteiger partial charge is 0.378 e. The molecule has 0 heterocycles.